The number of aryl methyl sites for hydroxylation is 2. The van der Waals surface area contributed by atoms with Crippen LogP contribution in [0.5, 0.6) is 0 Å². The molecule has 0 saturated carbocycles. The lowest BCUT2D eigenvalue weighted by atomic mass is 10.1. The van der Waals surface area contributed by atoms with Gasteiger partial charge in [-0.1, -0.05) is 6.92 Å². The number of carbonyl (C=O) groups is 1. The van der Waals surface area contributed by atoms with Crippen LogP contribution in [0.15, 0.2) is 24.8 Å². The summed E-state index contributed by atoms with van der Waals surface area (Å²) in [5.41, 5.74) is 2.45. The van der Waals surface area contributed by atoms with Crippen LogP contribution in [-0.4, -0.2) is 25.5 Å². The second-order valence-corrected chi connectivity index (χ2v) is 3.83. The van der Waals surface area contributed by atoms with Crippen LogP contribution in [0.2, 0.25) is 0 Å². The summed E-state index contributed by atoms with van der Waals surface area (Å²) in [5, 5.41) is 4.31. The Hall–Kier alpha value is -2.04. The molecule has 0 aliphatic heterocycles. The third kappa shape index (κ3) is 2.55. The Morgan fingerprint density at radius 3 is 2.65 bits per heavy atom. The summed E-state index contributed by atoms with van der Waals surface area (Å²) >= 11 is 0. The average Bonchev–Trinajstić information content (AvgIpc) is 2.71. The number of hydrogen-bond donors (Lipinski definition) is 0. The Bertz CT molecular complexity index is 519. The third-order valence-electron chi connectivity index (χ3n) is 2.61. The molecule has 0 radical (unpaired) electrons. The molecule has 88 valence electrons. The third-order valence-corrected chi connectivity index (χ3v) is 2.61. The van der Waals surface area contributed by atoms with Crippen molar-refractivity contribution < 1.29 is 4.79 Å². The summed E-state index contributed by atoms with van der Waals surface area (Å²) in [5.74, 6) is 0.0104. The van der Waals surface area contributed by atoms with Crippen molar-refractivity contribution in [2.24, 2.45) is 7.05 Å². The van der Waals surface area contributed by atoms with Crippen LogP contribution < -0.4 is 0 Å². The van der Waals surface area contributed by atoms with Crippen molar-refractivity contribution in [2.45, 2.75) is 19.8 Å². The number of Topliss-reactive ketones (excluding diaryl/α,β-unsaturated/α-hetero) is 1. The number of ketones is 1. The number of carbonyl (C=O) groups excluding carboxylic acids is 1. The molecule has 2 rings (SSSR count). The molecule has 0 amide bonds. The predicted molar refractivity (Wildman–Crippen MR) is 62.7 cm³/mol. The van der Waals surface area contributed by atoms with Gasteiger partial charge in [-0.05, 0) is 12.5 Å². The van der Waals surface area contributed by atoms with E-state index >= 15 is 0 Å². The van der Waals surface area contributed by atoms with Gasteiger partial charge in [-0.25, -0.2) is 9.97 Å². The zero-order valence-corrected chi connectivity index (χ0v) is 9.92. The highest BCUT2D eigenvalue weighted by Gasteiger charge is 2.11. The minimum atomic E-state index is 0.0104. The van der Waals surface area contributed by atoms with Gasteiger partial charge in [0, 0.05) is 25.1 Å². The molecule has 2 heterocycles. The monoisotopic (exact) mass is 230 g/mol. The summed E-state index contributed by atoms with van der Waals surface area (Å²) in [7, 11) is 1.85. The predicted octanol–water partition coefficient (Wildman–Crippen LogP) is 1.20. The van der Waals surface area contributed by atoms with Gasteiger partial charge in [0.2, 0.25) is 0 Å². The van der Waals surface area contributed by atoms with Gasteiger partial charge in [0.1, 0.15) is 6.33 Å². The zero-order chi connectivity index (χ0) is 12.3. The lowest BCUT2D eigenvalue weighted by Gasteiger charge is -2.00. The van der Waals surface area contributed by atoms with Crippen molar-refractivity contribution in [3.8, 4) is 0 Å². The van der Waals surface area contributed by atoms with Crippen molar-refractivity contribution in [1.82, 2.24) is 19.7 Å². The van der Waals surface area contributed by atoms with E-state index in [2.05, 4.69) is 15.1 Å². The molecule has 2 aromatic heterocycles. The lowest BCUT2D eigenvalue weighted by Crippen LogP contribution is -2.08. The standard InChI is InChI=1S/C12H14N4O/c1-3-10-4-11(16(2)15-10)5-12(17)9-6-13-8-14-7-9/h4,6-8H,3,5H2,1-2H3. The maximum Gasteiger partial charge on any atom is 0.171 e. The number of hydrogen-bond acceptors (Lipinski definition) is 4. The molecule has 0 aliphatic rings. The molecular weight excluding hydrogens is 216 g/mol. The van der Waals surface area contributed by atoms with Crippen LogP contribution >= 0.6 is 0 Å². The Morgan fingerprint density at radius 1 is 1.35 bits per heavy atom. The van der Waals surface area contributed by atoms with E-state index in [1.165, 1.54) is 18.7 Å². The minimum Gasteiger partial charge on any atom is -0.294 e. The largest absolute Gasteiger partial charge is 0.294 e. The van der Waals surface area contributed by atoms with E-state index in [1.807, 2.05) is 20.0 Å². The fraction of sp³-hybridized carbons (Fsp3) is 0.333. The van der Waals surface area contributed by atoms with Gasteiger partial charge in [-0.2, -0.15) is 5.10 Å². The van der Waals surface area contributed by atoms with Crippen molar-refractivity contribution in [1.29, 1.82) is 0 Å². The zero-order valence-electron chi connectivity index (χ0n) is 9.92. The van der Waals surface area contributed by atoms with Gasteiger partial charge in [-0.3, -0.25) is 9.48 Å². The molecule has 0 N–H and O–H groups in total. The topological polar surface area (TPSA) is 60.7 Å². The molecule has 5 nitrogen and oxygen atoms in total. The SMILES string of the molecule is CCc1cc(CC(=O)c2cncnc2)n(C)n1. The highest BCUT2D eigenvalue weighted by Crippen LogP contribution is 2.08. The molecular formula is C12H14N4O. The van der Waals surface area contributed by atoms with E-state index < -0.39 is 0 Å². The van der Waals surface area contributed by atoms with Crippen molar-refractivity contribution in [3.05, 3.63) is 41.7 Å². The lowest BCUT2D eigenvalue weighted by molar-refractivity contribution is 0.0990. The average molecular weight is 230 g/mol. The molecule has 5 heteroatoms. The first-order valence-corrected chi connectivity index (χ1v) is 5.50. The van der Waals surface area contributed by atoms with E-state index in [0.717, 1.165) is 17.8 Å². The molecule has 0 aromatic carbocycles. The van der Waals surface area contributed by atoms with Gasteiger partial charge in [0.05, 0.1) is 17.7 Å². The summed E-state index contributed by atoms with van der Waals surface area (Å²) in [6.45, 7) is 2.04. The summed E-state index contributed by atoms with van der Waals surface area (Å²) < 4.78 is 1.75. The van der Waals surface area contributed by atoms with Crippen LogP contribution in [0.4, 0.5) is 0 Å². The molecule has 0 spiro atoms. The molecule has 17 heavy (non-hydrogen) atoms. The highest BCUT2D eigenvalue weighted by atomic mass is 16.1. The van der Waals surface area contributed by atoms with Gasteiger partial charge in [-0.15, -0.1) is 0 Å². The minimum absolute atomic E-state index is 0.0104. The van der Waals surface area contributed by atoms with Crippen molar-refractivity contribution in [2.75, 3.05) is 0 Å². The van der Waals surface area contributed by atoms with E-state index in [0.29, 0.717) is 12.0 Å². The van der Waals surface area contributed by atoms with Crippen LogP contribution in [0.3, 0.4) is 0 Å². The van der Waals surface area contributed by atoms with Gasteiger partial charge in [0.25, 0.3) is 0 Å². The fourth-order valence-corrected chi connectivity index (χ4v) is 1.62. The molecule has 0 unspecified atom stereocenters. The van der Waals surface area contributed by atoms with E-state index in [4.69, 9.17) is 0 Å². The smallest absolute Gasteiger partial charge is 0.171 e. The van der Waals surface area contributed by atoms with Crippen LogP contribution in [0.25, 0.3) is 0 Å². The fourth-order valence-electron chi connectivity index (χ4n) is 1.62. The Balaban J connectivity index is 2.16. The van der Waals surface area contributed by atoms with E-state index in [-0.39, 0.29) is 5.78 Å². The first kappa shape index (κ1) is 11.4. The van der Waals surface area contributed by atoms with Crippen LogP contribution in [-0.2, 0) is 19.9 Å². The van der Waals surface area contributed by atoms with Gasteiger partial charge in [0.15, 0.2) is 5.78 Å². The Labute approximate surface area is 99.5 Å². The van der Waals surface area contributed by atoms with Crippen LogP contribution in [0, 0.1) is 0 Å². The van der Waals surface area contributed by atoms with Crippen molar-refractivity contribution >= 4 is 5.78 Å². The highest BCUT2D eigenvalue weighted by molar-refractivity contribution is 5.96. The normalized spacial score (nSPS) is 10.5. The summed E-state index contributed by atoms with van der Waals surface area (Å²) in [4.78, 5) is 19.6. The van der Waals surface area contributed by atoms with Gasteiger partial charge >= 0.3 is 0 Å². The second-order valence-electron chi connectivity index (χ2n) is 3.83. The molecule has 2 aromatic rings. The van der Waals surface area contributed by atoms with Gasteiger partial charge < -0.3 is 0 Å². The first-order chi connectivity index (χ1) is 8.20. The van der Waals surface area contributed by atoms with E-state index in [1.54, 1.807) is 4.68 Å². The second kappa shape index (κ2) is 4.86. The quantitative estimate of drug-likeness (QED) is 0.740. The van der Waals surface area contributed by atoms with Crippen molar-refractivity contribution in [3.63, 3.8) is 0 Å². The molecule has 0 aliphatic carbocycles. The maximum absolute atomic E-state index is 11.9. The molecule has 0 atom stereocenters. The maximum atomic E-state index is 11.9. The number of aromatic nitrogens is 4. The molecule has 0 bridgehead atoms. The molecule has 0 saturated heterocycles. The summed E-state index contributed by atoms with van der Waals surface area (Å²) in [6.07, 6.45) is 5.68. The first-order valence-electron chi connectivity index (χ1n) is 5.50. The number of rotatable bonds is 4. The van der Waals surface area contributed by atoms with E-state index in [9.17, 15) is 4.79 Å². The van der Waals surface area contributed by atoms with Crippen LogP contribution in [0.1, 0.15) is 28.7 Å². The molecule has 0 fully saturated rings. The Kier molecular flexibility index (Phi) is 3.27. The Morgan fingerprint density at radius 2 is 2.06 bits per heavy atom. The number of nitrogens with zero attached hydrogens (tertiary/aromatic N) is 4. The summed E-state index contributed by atoms with van der Waals surface area (Å²) in [6, 6.07) is 1.96.